The normalized spacial score (nSPS) is 21.4. The van der Waals surface area contributed by atoms with E-state index in [0.717, 1.165) is 16.0 Å². The van der Waals surface area contributed by atoms with Crippen molar-refractivity contribution in [2.24, 2.45) is 0 Å². The van der Waals surface area contributed by atoms with Crippen molar-refractivity contribution >= 4 is 22.0 Å². The Bertz CT molecular complexity index is 1030. The van der Waals surface area contributed by atoms with Crippen LogP contribution in [0.4, 0.5) is 4.79 Å². The van der Waals surface area contributed by atoms with Gasteiger partial charge in [0, 0.05) is 46.8 Å². The molecular weight excluding hydrogens is 428 g/mol. The van der Waals surface area contributed by atoms with Gasteiger partial charge in [0.25, 0.3) is 5.91 Å². The Hall–Kier alpha value is -2.75. The van der Waals surface area contributed by atoms with Crippen LogP contribution in [0, 0.1) is 0 Å². The van der Waals surface area contributed by atoms with Crippen LogP contribution in [0.5, 0.6) is 0 Å². The van der Waals surface area contributed by atoms with Crippen molar-refractivity contribution in [3.05, 3.63) is 71.8 Å². The van der Waals surface area contributed by atoms with E-state index in [1.165, 1.54) is 23.3 Å². The zero-order chi connectivity index (χ0) is 22.9. The summed E-state index contributed by atoms with van der Waals surface area (Å²) in [5, 5.41) is -1.26. The fourth-order valence-electron chi connectivity index (χ4n) is 4.47. The second-order valence-corrected chi connectivity index (χ2v) is 10.4. The Morgan fingerprint density at radius 2 is 1.31 bits per heavy atom. The molecule has 0 radical (unpaired) electrons. The summed E-state index contributed by atoms with van der Waals surface area (Å²) < 4.78 is 28.0. The number of hydrogen-bond donors (Lipinski definition) is 0. The van der Waals surface area contributed by atoms with Crippen LogP contribution in [0.2, 0.25) is 0 Å². The smallest absolute Gasteiger partial charge is 0.325 e. The highest BCUT2D eigenvalue weighted by Gasteiger charge is 2.46. The standard InChI is InChI=1S/C23H28N4O4S/c1-24-17-20(22(28)25(2)23(24)29)32(30,31)27-15-13-26(14-16-27)21(18-9-5-3-6-10-18)19-11-7-4-8-12-19/h3-12,20-21H,13-17H2,1-2H3. The number of piperazine rings is 1. The Morgan fingerprint density at radius 1 is 0.812 bits per heavy atom. The van der Waals surface area contributed by atoms with Gasteiger partial charge in [-0.2, -0.15) is 4.31 Å². The van der Waals surface area contributed by atoms with Crippen LogP contribution in [-0.4, -0.2) is 91.4 Å². The number of carbonyl (C=O) groups excluding carboxylic acids is 2. The summed E-state index contributed by atoms with van der Waals surface area (Å²) in [6.07, 6.45) is 0. The molecule has 2 aliphatic heterocycles. The maximum absolute atomic E-state index is 13.3. The number of imide groups is 1. The zero-order valence-electron chi connectivity index (χ0n) is 18.3. The summed E-state index contributed by atoms with van der Waals surface area (Å²) in [6, 6.07) is 19.9. The lowest BCUT2D eigenvalue weighted by Crippen LogP contribution is -2.62. The maximum atomic E-state index is 13.3. The highest BCUT2D eigenvalue weighted by atomic mass is 32.2. The highest BCUT2D eigenvalue weighted by Crippen LogP contribution is 2.30. The first kappa shape index (κ1) is 22.4. The van der Waals surface area contributed by atoms with E-state index in [-0.39, 0.29) is 12.6 Å². The minimum atomic E-state index is -3.88. The van der Waals surface area contributed by atoms with Crippen molar-refractivity contribution in [1.82, 2.24) is 19.0 Å². The fraction of sp³-hybridized carbons (Fsp3) is 0.391. The lowest BCUT2D eigenvalue weighted by atomic mass is 9.96. The molecule has 2 aromatic rings. The molecule has 2 aromatic carbocycles. The van der Waals surface area contributed by atoms with Crippen molar-refractivity contribution in [3.8, 4) is 0 Å². The molecule has 2 fully saturated rings. The molecule has 0 N–H and O–H groups in total. The molecule has 8 nitrogen and oxygen atoms in total. The number of amides is 3. The summed E-state index contributed by atoms with van der Waals surface area (Å²) in [7, 11) is -1.05. The minimum absolute atomic E-state index is 0.0217. The van der Waals surface area contributed by atoms with Crippen LogP contribution in [0.15, 0.2) is 60.7 Å². The average Bonchev–Trinajstić information content (AvgIpc) is 2.82. The Morgan fingerprint density at radius 3 is 1.81 bits per heavy atom. The van der Waals surface area contributed by atoms with Crippen LogP contribution in [0.1, 0.15) is 17.2 Å². The van der Waals surface area contributed by atoms with Gasteiger partial charge in [0.1, 0.15) is 0 Å². The van der Waals surface area contributed by atoms with Gasteiger partial charge in [-0.15, -0.1) is 0 Å². The molecule has 1 unspecified atom stereocenters. The minimum Gasteiger partial charge on any atom is -0.325 e. The van der Waals surface area contributed by atoms with Crippen molar-refractivity contribution in [1.29, 1.82) is 0 Å². The number of carbonyl (C=O) groups is 2. The van der Waals surface area contributed by atoms with E-state index in [9.17, 15) is 18.0 Å². The number of nitrogens with zero attached hydrogens (tertiary/aromatic N) is 4. The molecule has 170 valence electrons. The molecule has 0 bridgehead atoms. The third kappa shape index (κ3) is 4.15. The quantitative estimate of drug-likeness (QED) is 0.683. The van der Waals surface area contributed by atoms with Crippen LogP contribution in [-0.2, 0) is 14.8 Å². The lowest BCUT2D eigenvalue weighted by Gasteiger charge is -2.41. The summed E-state index contributed by atoms with van der Waals surface area (Å²) in [4.78, 5) is 29.0. The van der Waals surface area contributed by atoms with E-state index < -0.39 is 27.2 Å². The third-order valence-electron chi connectivity index (χ3n) is 6.25. The van der Waals surface area contributed by atoms with E-state index in [1.54, 1.807) is 0 Å². The van der Waals surface area contributed by atoms with Crippen molar-refractivity contribution in [3.63, 3.8) is 0 Å². The van der Waals surface area contributed by atoms with E-state index in [2.05, 4.69) is 29.2 Å². The molecule has 9 heteroatoms. The molecule has 3 amide bonds. The number of sulfonamides is 1. The molecule has 2 aliphatic rings. The topological polar surface area (TPSA) is 81.2 Å². The number of benzene rings is 2. The first-order valence-electron chi connectivity index (χ1n) is 10.7. The second kappa shape index (κ2) is 9.01. The SMILES string of the molecule is CN1CC(S(=O)(=O)N2CCN(C(c3ccccc3)c3ccccc3)CC2)C(=O)N(C)C1=O. The van der Waals surface area contributed by atoms with E-state index >= 15 is 0 Å². The maximum Gasteiger partial charge on any atom is 0.326 e. The molecule has 0 aliphatic carbocycles. The van der Waals surface area contributed by atoms with Gasteiger partial charge < -0.3 is 4.90 Å². The predicted octanol–water partition coefficient (Wildman–Crippen LogP) is 1.62. The average molecular weight is 457 g/mol. The van der Waals surface area contributed by atoms with Gasteiger partial charge in [-0.3, -0.25) is 14.6 Å². The number of urea groups is 1. The van der Waals surface area contributed by atoms with E-state index in [4.69, 9.17) is 0 Å². The summed E-state index contributed by atoms with van der Waals surface area (Å²) in [5.74, 6) is -0.665. The molecule has 0 aromatic heterocycles. The predicted molar refractivity (Wildman–Crippen MR) is 121 cm³/mol. The second-order valence-electron chi connectivity index (χ2n) is 8.25. The molecule has 0 spiro atoms. The molecule has 4 rings (SSSR count). The third-order valence-corrected chi connectivity index (χ3v) is 8.40. The van der Waals surface area contributed by atoms with Crippen molar-refractivity contribution < 1.29 is 18.0 Å². The molecule has 1 atom stereocenters. The molecular formula is C23H28N4O4S. The van der Waals surface area contributed by atoms with Gasteiger partial charge in [0.2, 0.25) is 10.0 Å². The molecule has 0 saturated carbocycles. The molecule has 32 heavy (non-hydrogen) atoms. The number of hydrogen-bond acceptors (Lipinski definition) is 5. The highest BCUT2D eigenvalue weighted by molar-refractivity contribution is 7.90. The van der Waals surface area contributed by atoms with Gasteiger partial charge >= 0.3 is 6.03 Å². The summed E-state index contributed by atoms with van der Waals surface area (Å²) in [5.41, 5.74) is 2.30. The Balaban J connectivity index is 1.52. The number of rotatable bonds is 5. The largest absolute Gasteiger partial charge is 0.326 e. The van der Waals surface area contributed by atoms with Crippen LogP contribution >= 0.6 is 0 Å². The summed E-state index contributed by atoms with van der Waals surface area (Å²) in [6.45, 7) is 1.55. The Kier molecular flexibility index (Phi) is 6.32. The van der Waals surface area contributed by atoms with Gasteiger partial charge in [-0.05, 0) is 11.1 Å². The zero-order valence-corrected chi connectivity index (χ0v) is 19.1. The Labute approximate surface area is 189 Å². The van der Waals surface area contributed by atoms with Crippen LogP contribution in [0.3, 0.4) is 0 Å². The summed E-state index contributed by atoms with van der Waals surface area (Å²) >= 11 is 0. The van der Waals surface area contributed by atoms with Gasteiger partial charge in [0.05, 0.1) is 6.04 Å². The monoisotopic (exact) mass is 456 g/mol. The fourth-order valence-corrected chi connectivity index (χ4v) is 6.33. The van der Waals surface area contributed by atoms with E-state index in [1.807, 2.05) is 36.4 Å². The van der Waals surface area contributed by atoms with Crippen LogP contribution in [0.25, 0.3) is 0 Å². The van der Waals surface area contributed by atoms with Gasteiger partial charge in [-0.1, -0.05) is 60.7 Å². The lowest BCUT2D eigenvalue weighted by molar-refractivity contribution is -0.129. The van der Waals surface area contributed by atoms with Gasteiger partial charge in [-0.25, -0.2) is 13.2 Å². The van der Waals surface area contributed by atoms with Crippen LogP contribution < -0.4 is 0 Å². The van der Waals surface area contributed by atoms with Gasteiger partial charge in [0.15, 0.2) is 5.25 Å². The first-order valence-corrected chi connectivity index (χ1v) is 12.2. The molecule has 2 saturated heterocycles. The first-order chi connectivity index (χ1) is 15.3. The molecule has 2 heterocycles. The van der Waals surface area contributed by atoms with Crippen molar-refractivity contribution in [2.45, 2.75) is 11.3 Å². The van der Waals surface area contributed by atoms with Crippen molar-refractivity contribution in [2.75, 3.05) is 46.8 Å². The van der Waals surface area contributed by atoms with E-state index in [0.29, 0.717) is 26.2 Å².